The monoisotopic (exact) mass is 668 g/mol. The molecule has 0 saturated carbocycles. The van der Waals surface area contributed by atoms with Gasteiger partial charge in [-0.15, -0.1) is 0 Å². The normalized spacial score (nSPS) is 28.3. The Hall–Kier alpha value is -2.16. The topological polar surface area (TPSA) is 199 Å². The van der Waals surface area contributed by atoms with Crippen LogP contribution < -0.4 is 11.5 Å². The molecule has 2 fully saturated rings. The molecule has 4 heterocycles. The lowest BCUT2D eigenvalue weighted by atomic mass is 9.96. The maximum absolute atomic E-state index is 13.0. The average Bonchev–Trinajstić information content (AvgIpc) is 3.67. The van der Waals surface area contributed by atoms with Crippen LogP contribution in [0.5, 0.6) is 0 Å². The largest absolute Gasteiger partial charge is 0.475 e. The smallest absolute Gasteiger partial charge is 0.387 e. The van der Waals surface area contributed by atoms with Gasteiger partial charge in [0.05, 0.1) is 26.1 Å². The minimum Gasteiger partial charge on any atom is -0.387 e. The van der Waals surface area contributed by atoms with E-state index in [-0.39, 0.29) is 42.8 Å². The molecule has 2 aromatic heterocycles. The van der Waals surface area contributed by atoms with Gasteiger partial charge in [-0.2, -0.15) is 9.97 Å². The Morgan fingerprint density at radius 1 is 1.04 bits per heavy atom. The molecule has 0 spiro atoms. The number of unbranched alkanes of at least 4 members (excludes halogenated alkanes) is 11. The summed E-state index contributed by atoms with van der Waals surface area (Å²) in [6, 6.07) is 0. The molecule has 14 nitrogen and oxygen atoms in total. The number of hydrogen-bond acceptors (Lipinski definition) is 13. The van der Waals surface area contributed by atoms with Gasteiger partial charge in [-0.05, 0) is 39.0 Å². The summed E-state index contributed by atoms with van der Waals surface area (Å²) in [7, 11) is -3.90. The lowest BCUT2D eigenvalue weighted by molar-refractivity contribution is -0.0949. The Morgan fingerprint density at radius 3 is 2.43 bits per heavy atom. The molecule has 46 heavy (non-hydrogen) atoms. The number of nitrogens with zero attached hydrogens (tertiary/aromatic N) is 4. The Kier molecular flexibility index (Phi) is 14.2. The van der Waals surface area contributed by atoms with Crippen LogP contribution in [0, 0.1) is 0 Å². The Bertz CT molecular complexity index is 1290. The SMILES string of the molecule is CCCCCCCC/C=C\CCCCCCCOC[C@H]1COP(=O)(OC[C@H]2O[C@@H](n3cnc4c(N)nc(N)nc43)[C@@](C)(O)[C@H]2O)O1. The first-order valence-electron chi connectivity index (χ1n) is 16.8. The zero-order chi connectivity index (χ0) is 33.0. The van der Waals surface area contributed by atoms with Gasteiger partial charge in [0.25, 0.3) is 0 Å². The van der Waals surface area contributed by atoms with Crippen LogP contribution in [0.1, 0.15) is 104 Å². The number of nitrogens with two attached hydrogens (primary N) is 2. The van der Waals surface area contributed by atoms with Crippen molar-refractivity contribution < 1.29 is 37.8 Å². The van der Waals surface area contributed by atoms with Crippen molar-refractivity contribution in [2.24, 2.45) is 0 Å². The standard InChI is InChI=1S/C31H53N6O8P/c1-3-4-5-6-7-8-9-10-11-12-13-14-15-16-17-18-41-19-23-20-42-46(40,45-23)43-21-24-26(38)31(2,39)29(44-24)37-22-34-25-27(32)35-30(33)36-28(25)37/h10-11,22-24,26,29,38-39H,3-9,12-21H2,1-2H3,(H4,32,33,35,36)/b11-10-/t23-,24+,26-,29+,31-,46?/m0/s1. The summed E-state index contributed by atoms with van der Waals surface area (Å²) in [5.41, 5.74) is 10.3. The van der Waals surface area contributed by atoms with Crippen LogP contribution in [0.15, 0.2) is 18.5 Å². The number of anilines is 2. The van der Waals surface area contributed by atoms with Gasteiger partial charge in [-0.25, -0.2) is 9.55 Å². The fourth-order valence-electron chi connectivity index (χ4n) is 5.72. The van der Waals surface area contributed by atoms with Crippen molar-refractivity contribution in [2.75, 3.05) is 37.9 Å². The number of aliphatic hydroxyl groups excluding tert-OH is 1. The number of allylic oxidation sites excluding steroid dienone is 2. The molecule has 0 aromatic carbocycles. The van der Waals surface area contributed by atoms with Crippen molar-refractivity contribution in [3.8, 4) is 0 Å². The van der Waals surface area contributed by atoms with Crippen LogP contribution in [0.4, 0.5) is 11.8 Å². The van der Waals surface area contributed by atoms with Gasteiger partial charge >= 0.3 is 7.82 Å². The fraction of sp³-hybridized carbons (Fsp3) is 0.774. The minimum absolute atomic E-state index is 0.0572. The van der Waals surface area contributed by atoms with E-state index >= 15 is 0 Å². The van der Waals surface area contributed by atoms with Gasteiger partial charge in [0.15, 0.2) is 17.7 Å². The molecule has 2 aliphatic heterocycles. The lowest BCUT2D eigenvalue weighted by Crippen LogP contribution is -2.44. The maximum Gasteiger partial charge on any atom is 0.475 e. The van der Waals surface area contributed by atoms with Crippen molar-refractivity contribution in [1.82, 2.24) is 19.5 Å². The summed E-state index contributed by atoms with van der Waals surface area (Å²) < 4.78 is 42.4. The van der Waals surface area contributed by atoms with E-state index in [2.05, 4.69) is 34.0 Å². The van der Waals surface area contributed by atoms with E-state index in [0.717, 1.165) is 19.3 Å². The van der Waals surface area contributed by atoms with Crippen LogP contribution in [0.25, 0.3) is 11.2 Å². The molecular weight excluding hydrogens is 615 g/mol. The summed E-state index contributed by atoms with van der Waals surface area (Å²) in [5.74, 6) is -0.0104. The summed E-state index contributed by atoms with van der Waals surface area (Å²) in [6.45, 7) is 4.17. The molecular formula is C31H53N6O8P. The first-order valence-corrected chi connectivity index (χ1v) is 18.2. The first-order chi connectivity index (χ1) is 22.1. The van der Waals surface area contributed by atoms with E-state index in [4.69, 9.17) is 34.5 Å². The first kappa shape index (κ1) is 36.7. The second-order valence-corrected chi connectivity index (χ2v) is 14.0. The van der Waals surface area contributed by atoms with Crippen molar-refractivity contribution >= 4 is 30.8 Å². The van der Waals surface area contributed by atoms with E-state index in [0.29, 0.717) is 6.61 Å². The van der Waals surface area contributed by atoms with Gasteiger partial charge in [0, 0.05) is 6.61 Å². The third-order valence-corrected chi connectivity index (χ3v) is 9.91. The number of fused-ring (bicyclic) bond motifs is 1. The van der Waals surface area contributed by atoms with Crippen molar-refractivity contribution in [3.05, 3.63) is 18.5 Å². The predicted octanol–water partition coefficient (Wildman–Crippen LogP) is 5.20. The van der Waals surface area contributed by atoms with Gasteiger partial charge in [0.2, 0.25) is 5.95 Å². The van der Waals surface area contributed by atoms with Crippen LogP contribution >= 0.6 is 7.82 Å². The number of hydrogen-bond donors (Lipinski definition) is 4. The van der Waals surface area contributed by atoms with E-state index in [1.807, 2.05) is 0 Å². The van der Waals surface area contributed by atoms with E-state index in [9.17, 15) is 14.8 Å². The summed E-state index contributed by atoms with van der Waals surface area (Å²) >= 11 is 0. The molecule has 0 aliphatic carbocycles. The Balaban J connectivity index is 1.07. The molecule has 0 radical (unpaired) electrons. The summed E-state index contributed by atoms with van der Waals surface area (Å²) in [6.07, 6.45) is 18.0. The number of phosphoric acid groups is 1. The molecule has 6 atom stereocenters. The van der Waals surface area contributed by atoms with E-state index < -0.39 is 38.0 Å². The van der Waals surface area contributed by atoms with Gasteiger partial charge < -0.3 is 31.2 Å². The molecule has 15 heteroatoms. The summed E-state index contributed by atoms with van der Waals surface area (Å²) in [5, 5.41) is 21.9. The van der Waals surface area contributed by atoms with Crippen LogP contribution in [0.2, 0.25) is 0 Å². The molecule has 6 N–H and O–H groups in total. The van der Waals surface area contributed by atoms with Crippen molar-refractivity contribution in [3.63, 3.8) is 0 Å². The van der Waals surface area contributed by atoms with Crippen LogP contribution in [-0.2, 0) is 27.6 Å². The molecule has 1 unspecified atom stereocenters. The van der Waals surface area contributed by atoms with Crippen molar-refractivity contribution in [1.29, 1.82) is 0 Å². The number of rotatable bonds is 21. The summed E-state index contributed by atoms with van der Waals surface area (Å²) in [4.78, 5) is 12.2. The minimum atomic E-state index is -3.90. The highest BCUT2D eigenvalue weighted by atomic mass is 31.2. The lowest BCUT2D eigenvalue weighted by Gasteiger charge is -2.27. The number of aliphatic hydroxyl groups is 2. The third-order valence-electron chi connectivity index (χ3n) is 8.42. The highest BCUT2D eigenvalue weighted by molar-refractivity contribution is 7.48. The Labute approximate surface area is 271 Å². The van der Waals surface area contributed by atoms with Crippen LogP contribution in [0.3, 0.4) is 0 Å². The molecule has 0 amide bonds. The quantitative estimate of drug-likeness (QED) is 0.0769. The predicted molar refractivity (Wildman–Crippen MR) is 175 cm³/mol. The number of phosphoric ester groups is 1. The Morgan fingerprint density at radius 2 is 1.72 bits per heavy atom. The van der Waals surface area contributed by atoms with E-state index in [1.165, 1.54) is 82.0 Å². The number of nitrogen functional groups attached to an aromatic ring is 2. The molecule has 0 bridgehead atoms. The molecule has 4 rings (SSSR count). The molecule has 2 saturated heterocycles. The van der Waals surface area contributed by atoms with Gasteiger partial charge in [-0.1, -0.05) is 70.4 Å². The molecule has 2 aromatic rings. The van der Waals surface area contributed by atoms with Crippen molar-refractivity contribution in [2.45, 2.75) is 127 Å². The zero-order valence-corrected chi connectivity index (χ0v) is 28.2. The second-order valence-electron chi connectivity index (χ2n) is 12.4. The number of imidazole rings is 1. The number of ether oxygens (including phenoxy) is 2. The van der Waals surface area contributed by atoms with Crippen LogP contribution in [-0.4, -0.2) is 80.1 Å². The fourth-order valence-corrected chi connectivity index (χ4v) is 7.09. The second kappa shape index (κ2) is 17.8. The van der Waals surface area contributed by atoms with Gasteiger partial charge in [-0.3, -0.25) is 18.1 Å². The zero-order valence-electron chi connectivity index (χ0n) is 27.3. The molecule has 2 aliphatic rings. The highest BCUT2D eigenvalue weighted by Crippen LogP contribution is 2.55. The molecule has 260 valence electrons. The van der Waals surface area contributed by atoms with E-state index in [1.54, 1.807) is 0 Å². The van der Waals surface area contributed by atoms with Gasteiger partial charge in [0.1, 0.15) is 29.4 Å². The number of aromatic nitrogens is 4. The highest BCUT2D eigenvalue weighted by Gasteiger charge is 2.54. The maximum atomic E-state index is 13.0. The third kappa shape index (κ3) is 10.2. The average molecular weight is 669 g/mol.